The van der Waals surface area contributed by atoms with Crippen LogP contribution in [0.3, 0.4) is 0 Å². The number of aldehydes is 1. The standard InChI is InChI=1S/C16H11ClO3/c17-14-7-3-1-5-12(14)9-10-16(19)20-15-8-4-2-6-13(15)11-18/h1-11H/b10-9+. The summed E-state index contributed by atoms with van der Waals surface area (Å²) >= 11 is 5.97. The molecule has 0 amide bonds. The van der Waals surface area contributed by atoms with Gasteiger partial charge in [0.05, 0.1) is 5.56 Å². The number of ether oxygens (including phenoxy) is 1. The van der Waals surface area contributed by atoms with Gasteiger partial charge in [0.15, 0.2) is 6.29 Å². The van der Waals surface area contributed by atoms with E-state index in [0.717, 1.165) is 5.56 Å². The molecule has 0 bridgehead atoms. The Balaban J connectivity index is 2.10. The number of esters is 1. The summed E-state index contributed by atoms with van der Waals surface area (Å²) in [5.41, 5.74) is 1.04. The molecule has 20 heavy (non-hydrogen) atoms. The molecule has 100 valence electrons. The summed E-state index contributed by atoms with van der Waals surface area (Å²) in [5.74, 6) is -0.337. The molecule has 0 aliphatic carbocycles. The normalized spacial score (nSPS) is 10.4. The Hall–Kier alpha value is -2.39. The van der Waals surface area contributed by atoms with Crippen LogP contribution < -0.4 is 4.74 Å². The summed E-state index contributed by atoms with van der Waals surface area (Å²) in [6.45, 7) is 0. The van der Waals surface area contributed by atoms with Gasteiger partial charge in [-0.2, -0.15) is 0 Å². The van der Waals surface area contributed by atoms with Crippen molar-refractivity contribution in [3.8, 4) is 5.75 Å². The van der Waals surface area contributed by atoms with Gasteiger partial charge in [0, 0.05) is 11.1 Å². The van der Waals surface area contributed by atoms with Crippen LogP contribution in [0.4, 0.5) is 0 Å². The molecule has 0 atom stereocenters. The molecule has 0 N–H and O–H groups in total. The van der Waals surface area contributed by atoms with Gasteiger partial charge >= 0.3 is 5.97 Å². The minimum absolute atomic E-state index is 0.233. The Labute approximate surface area is 121 Å². The molecule has 4 heteroatoms. The second-order valence-electron chi connectivity index (χ2n) is 3.93. The van der Waals surface area contributed by atoms with Gasteiger partial charge in [0.2, 0.25) is 0 Å². The van der Waals surface area contributed by atoms with Crippen LogP contribution in [0.1, 0.15) is 15.9 Å². The third kappa shape index (κ3) is 3.56. The van der Waals surface area contributed by atoms with Crippen LogP contribution in [0.2, 0.25) is 5.02 Å². The first-order valence-corrected chi connectivity index (χ1v) is 6.27. The van der Waals surface area contributed by atoms with E-state index in [2.05, 4.69) is 0 Å². The van der Waals surface area contributed by atoms with Crippen LogP contribution in [-0.2, 0) is 4.79 Å². The van der Waals surface area contributed by atoms with Crippen molar-refractivity contribution in [3.63, 3.8) is 0 Å². The van der Waals surface area contributed by atoms with Crippen molar-refractivity contribution in [3.05, 3.63) is 70.8 Å². The predicted octanol–water partition coefficient (Wildman–Crippen LogP) is 3.77. The second-order valence-corrected chi connectivity index (χ2v) is 4.34. The number of rotatable bonds is 4. The minimum Gasteiger partial charge on any atom is -0.423 e. The number of para-hydroxylation sites is 1. The lowest BCUT2D eigenvalue weighted by atomic mass is 10.2. The number of halogens is 1. The minimum atomic E-state index is -0.570. The Bertz CT molecular complexity index is 662. The SMILES string of the molecule is O=Cc1ccccc1OC(=O)/C=C/c1ccccc1Cl. The quantitative estimate of drug-likeness (QED) is 0.372. The van der Waals surface area contributed by atoms with Gasteiger partial charge in [-0.05, 0) is 29.8 Å². The summed E-state index contributed by atoms with van der Waals surface area (Å²) in [6, 6.07) is 13.7. The molecule has 0 fully saturated rings. The molecule has 0 aromatic heterocycles. The first-order valence-electron chi connectivity index (χ1n) is 5.89. The molecule has 0 radical (unpaired) electrons. The van der Waals surface area contributed by atoms with E-state index in [1.165, 1.54) is 6.08 Å². The zero-order valence-corrected chi connectivity index (χ0v) is 11.2. The van der Waals surface area contributed by atoms with Crippen LogP contribution in [0.5, 0.6) is 5.75 Å². The van der Waals surface area contributed by atoms with Gasteiger partial charge in [-0.1, -0.05) is 41.9 Å². The Morgan fingerprint density at radius 1 is 1.00 bits per heavy atom. The number of carbonyl (C=O) groups excluding carboxylic acids is 2. The van der Waals surface area contributed by atoms with Gasteiger partial charge in [-0.3, -0.25) is 4.79 Å². The topological polar surface area (TPSA) is 43.4 Å². The van der Waals surface area contributed by atoms with Crippen molar-refractivity contribution in [1.29, 1.82) is 0 Å². The van der Waals surface area contributed by atoms with Crippen molar-refractivity contribution < 1.29 is 14.3 Å². The maximum absolute atomic E-state index is 11.7. The average molecular weight is 287 g/mol. The molecule has 2 rings (SSSR count). The summed E-state index contributed by atoms with van der Waals surface area (Å²) in [5, 5.41) is 0.546. The van der Waals surface area contributed by atoms with E-state index >= 15 is 0 Å². The van der Waals surface area contributed by atoms with E-state index in [4.69, 9.17) is 16.3 Å². The van der Waals surface area contributed by atoms with Gasteiger partial charge in [0.1, 0.15) is 5.75 Å². The number of carbonyl (C=O) groups is 2. The zero-order valence-electron chi connectivity index (χ0n) is 10.5. The first kappa shape index (κ1) is 14.0. The molecule has 2 aromatic rings. The lowest BCUT2D eigenvalue weighted by Crippen LogP contribution is -2.05. The molecule has 0 spiro atoms. The molecule has 0 aliphatic rings. The van der Waals surface area contributed by atoms with E-state index in [0.29, 0.717) is 16.9 Å². The van der Waals surface area contributed by atoms with Crippen LogP contribution in [0.25, 0.3) is 6.08 Å². The van der Waals surface area contributed by atoms with E-state index < -0.39 is 5.97 Å². The molecule has 0 saturated carbocycles. The van der Waals surface area contributed by atoms with Gasteiger partial charge in [0.25, 0.3) is 0 Å². The predicted molar refractivity (Wildman–Crippen MR) is 78.0 cm³/mol. The molecular formula is C16H11ClO3. The van der Waals surface area contributed by atoms with Gasteiger partial charge in [-0.25, -0.2) is 4.79 Å². The zero-order chi connectivity index (χ0) is 14.4. The first-order chi connectivity index (χ1) is 9.70. The van der Waals surface area contributed by atoms with E-state index in [1.54, 1.807) is 48.5 Å². The maximum atomic E-state index is 11.7. The Morgan fingerprint density at radius 3 is 2.35 bits per heavy atom. The third-order valence-electron chi connectivity index (χ3n) is 2.56. The van der Waals surface area contributed by atoms with Crippen LogP contribution in [0.15, 0.2) is 54.6 Å². The van der Waals surface area contributed by atoms with Gasteiger partial charge in [-0.15, -0.1) is 0 Å². The molecule has 0 saturated heterocycles. The fourth-order valence-electron chi connectivity index (χ4n) is 1.58. The Morgan fingerprint density at radius 2 is 1.65 bits per heavy atom. The average Bonchev–Trinajstić information content (AvgIpc) is 2.47. The number of benzene rings is 2. The highest BCUT2D eigenvalue weighted by Gasteiger charge is 2.05. The van der Waals surface area contributed by atoms with E-state index in [-0.39, 0.29) is 5.75 Å². The maximum Gasteiger partial charge on any atom is 0.336 e. The van der Waals surface area contributed by atoms with Crippen LogP contribution in [0, 0.1) is 0 Å². The van der Waals surface area contributed by atoms with Crippen molar-refractivity contribution in [1.82, 2.24) is 0 Å². The van der Waals surface area contributed by atoms with Crippen LogP contribution in [-0.4, -0.2) is 12.3 Å². The fourth-order valence-corrected chi connectivity index (χ4v) is 1.78. The number of hydrogen-bond acceptors (Lipinski definition) is 3. The van der Waals surface area contributed by atoms with Crippen molar-refractivity contribution in [2.24, 2.45) is 0 Å². The molecule has 0 heterocycles. The third-order valence-corrected chi connectivity index (χ3v) is 2.90. The summed E-state index contributed by atoms with van der Waals surface area (Å²) in [7, 11) is 0. The smallest absolute Gasteiger partial charge is 0.336 e. The lowest BCUT2D eigenvalue weighted by molar-refractivity contribution is -0.128. The highest BCUT2D eigenvalue weighted by molar-refractivity contribution is 6.32. The van der Waals surface area contributed by atoms with E-state index in [9.17, 15) is 9.59 Å². The van der Waals surface area contributed by atoms with Crippen molar-refractivity contribution in [2.45, 2.75) is 0 Å². The molecule has 2 aromatic carbocycles. The largest absolute Gasteiger partial charge is 0.423 e. The Kier molecular flexibility index (Phi) is 4.69. The highest BCUT2D eigenvalue weighted by atomic mass is 35.5. The molecular weight excluding hydrogens is 276 g/mol. The molecule has 3 nitrogen and oxygen atoms in total. The summed E-state index contributed by atoms with van der Waals surface area (Å²) < 4.78 is 5.10. The summed E-state index contributed by atoms with van der Waals surface area (Å²) in [4.78, 5) is 22.5. The molecule has 0 unspecified atom stereocenters. The number of hydrogen-bond donors (Lipinski definition) is 0. The van der Waals surface area contributed by atoms with E-state index in [1.807, 2.05) is 6.07 Å². The van der Waals surface area contributed by atoms with Crippen molar-refractivity contribution in [2.75, 3.05) is 0 Å². The second kappa shape index (κ2) is 6.68. The lowest BCUT2D eigenvalue weighted by Gasteiger charge is -2.03. The van der Waals surface area contributed by atoms with Gasteiger partial charge < -0.3 is 4.74 Å². The highest BCUT2D eigenvalue weighted by Crippen LogP contribution is 2.18. The monoisotopic (exact) mass is 286 g/mol. The molecule has 0 aliphatic heterocycles. The summed E-state index contributed by atoms with van der Waals surface area (Å²) in [6.07, 6.45) is 3.47. The van der Waals surface area contributed by atoms with Crippen LogP contribution >= 0.6 is 11.6 Å². The van der Waals surface area contributed by atoms with Crippen molar-refractivity contribution >= 4 is 29.9 Å². The fraction of sp³-hybridized carbons (Fsp3) is 0.